The zero-order chi connectivity index (χ0) is 17.9. The van der Waals surface area contributed by atoms with Gasteiger partial charge in [-0.3, -0.25) is 4.79 Å². The third-order valence-corrected chi connectivity index (χ3v) is 4.39. The lowest BCUT2D eigenvalue weighted by molar-refractivity contribution is -0.124. The third kappa shape index (κ3) is 6.16. The Morgan fingerprint density at radius 3 is 2.76 bits per heavy atom. The van der Waals surface area contributed by atoms with E-state index in [0.29, 0.717) is 6.54 Å². The number of rotatable bonds is 12. The number of nitrogens with zero attached hydrogens (tertiary/aromatic N) is 2. The van der Waals surface area contributed by atoms with Crippen LogP contribution >= 0.6 is 0 Å². The van der Waals surface area contributed by atoms with Gasteiger partial charge >= 0.3 is 0 Å². The average molecular weight is 345 g/mol. The Bertz CT molecular complexity index is 651. The molecule has 5 heteroatoms. The Labute approximate surface area is 150 Å². The maximum absolute atomic E-state index is 11.4. The van der Waals surface area contributed by atoms with Gasteiger partial charge in [-0.1, -0.05) is 44.7 Å². The van der Waals surface area contributed by atoms with Gasteiger partial charge in [-0.25, -0.2) is 4.98 Å². The topological polar surface area (TPSA) is 56.2 Å². The van der Waals surface area contributed by atoms with Crippen LogP contribution in [-0.4, -0.2) is 35.7 Å². The minimum atomic E-state index is -0.0630. The number of carbonyl (C=O) groups excluding carboxylic acids is 1. The first kappa shape index (κ1) is 19.4. The van der Waals surface area contributed by atoms with E-state index >= 15 is 0 Å². The monoisotopic (exact) mass is 345 g/mol. The molecule has 0 atom stereocenters. The normalized spacial score (nSPS) is 11.1. The number of nitrogens with one attached hydrogen (secondary N) is 1. The van der Waals surface area contributed by atoms with Crippen molar-refractivity contribution in [2.24, 2.45) is 0 Å². The maximum atomic E-state index is 11.4. The van der Waals surface area contributed by atoms with Crippen LogP contribution in [0, 0.1) is 0 Å². The van der Waals surface area contributed by atoms with E-state index in [1.165, 1.54) is 44.7 Å². The van der Waals surface area contributed by atoms with Crippen LogP contribution in [0.25, 0.3) is 11.0 Å². The third-order valence-electron chi connectivity index (χ3n) is 4.39. The molecule has 1 heterocycles. The molecule has 0 aliphatic rings. The molecule has 2 rings (SSSR count). The summed E-state index contributed by atoms with van der Waals surface area (Å²) < 4.78 is 7.18. The summed E-state index contributed by atoms with van der Waals surface area (Å²) in [5.74, 6) is 1.06. The van der Waals surface area contributed by atoms with Gasteiger partial charge in [-0.2, -0.15) is 0 Å². The summed E-state index contributed by atoms with van der Waals surface area (Å²) in [6.07, 6.45) is 8.12. The van der Waals surface area contributed by atoms with Gasteiger partial charge in [0.1, 0.15) is 12.4 Å². The number of aryl methyl sites for hydroxylation is 2. The lowest BCUT2D eigenvalue weighted by Gasteiger charge is -2.10. The number of hydrogen-bond donors (Lipinski definition) is 1. The first-order valence-electron chi connectivity index (χ1n) is 9.46. The molecule has 0 saturated heterocycles. The highest BCUT2D eigenvalue weighted by atomic mass is 16.5. The average Bonchev–Trinajstić information content (AvgIpc) is 2.96. The Hall–Kier alpha value is -1.88. The molecule has 0 bridgehead atoms. The van der Waals surface area contributed by atoms with Gasteiger partial charge in [0, 0.05) is 26.6 Å². The van der Waals surface area contributed by atoms with Gasteiger partial charge < -0.3 is 14.6 Å². The highest BCUT2D eigenvalue weighted by molar-refractivity contribution is 5.77. The second-order valence-electron chi connectivity index (χ2n) is 6.47. The van der Waals surface area contributed by atoms with Gasteiger partial charge in [0.25, 0.3) is 0 Å². The summed E-state index contributed by atoms with van der Waals surface area (Å²) in [6, 6.07) is 8.34. The zero-order valence-corrected chi connectivity index (χ0v) is 15.6. The molecule has 5 nitrogen and oxygen atoms in total. The molecule has 25 heavy (non-hydrogen) atoms. The Kier molecular flexibility index (Phi) is 8.46. The number of benzene rings is 1. The van der Waals surface area contributed by atoms with Crippen molar-refractivity contribution in [3.05, 3.63) is 30.1 Å². The molecular formula is C20H31N3O2. The fourth-order valence-electron chi connectivity index (χ4n) is 3.10. The lowest BCUT2D eigenvalue weighted by Crippen LogP contribution is -2.28. The molecule has 0 unspecified atom stereocenters. The fraction of sp³-hybridized carbons (Fsp3) is 0.600. The van der Waals surface area contributed by atoms with Gasteiger partial charge in [-0.15, -0.1) is 0 Å². The maximum Gasteiger partial charge on any atom is 0.245 e. The number of ether oxygens (including phenoxy) is 1. The number of para-hydroxylation sites is 2. The van der Waals surface area contributed by atoms with E-state index in [2.05, 4.69) is 35.0 Å². The number of fused-ring (bicyclic) bond motifs is 1. The summed E-state index contributed by atoms with van der Waals surface area (Å²) in [4.78, 5) is 16.2. The summed E-state index contributed by atoms with van der Waals surface area (Å²) in [6.45, 7) is 4.04. The summed E-state index contributed by atoms with van der Waals surface area (Å²) in [7, 11) is 1.53. The number of amides is 1. The van der Waals surface area contributed by atoms with E-state index in [1.807, 2.05) is 6.07 Å². The van der Waals surface area contributed by atoms with E-state index in [-0.39, 0.29) is 12.5 Å². The molecule has 0 fully saturated rings. The summed E-state index contributed by atoms with van der Waals surface area (Å²) in [5.41, 5.74) is 2.28. The molecule has 0 saturated carbocycles. The smallest absolute Gasteiger partial charge is 0.245 e. The highest BCUT2D eigenvalue weighted by Gasteiger charge is 2.10. The van der Waals surface area contributed by atoms with Crippen molar-refractivity contribution in [1.82, 2.24) is 14.9 Å². The standard InChI is InChI=1S/C20H31N3O2/c1-3-4-5-6-9-15-23-18-12-8-7-11-17(18)22-19(23)13-10-14-21-20(24)16-25-2/h7-8,11-12H,3-6,9-10,13-16H2,1-2H3,(H,21,24). The summed E-state index contributed by atoms with van der Waals surface area (Å²) in [5, 5.41) is 2.87. The van der Waals surface area contributed by atoms with Crippen molar-refractivity contribution in [2.75, 3.05) is 20.3 Å². The number of aromatic nitrogens is 2. The molecule has 2 aromatic rings. The van der Waals surface area contributed by atoms with Crippen molar-refractivity contribution in [2.45, 2.75) is 58.4 Å². The van der Waals surface area contributed by atoms with E-state index < -0.39 is 0 Å². The molecule has 0 spiro atoms. The Morgan fingerprint density at radius 2 is 1.96 bits per heavy atom. The van der Waals surface area contributed by atoms with Crippen molar-refractivity contribution in [1.29, 1.82) is 0 Å². The second kappa shape index (κ2) is 10.9. The number of carbonyl (C=O) groups is 1. The fourth-order valence-corrected chi connectivity index (χ4v) is 3.10. The van der Waals surface area contributed by atoms with E-state index in [0.717, 1.165) is 30.7 Å². The predicted octanol–water partition coefficient (Wildman–Crippen LogP) is 3.70. The van der Waals surface area contributed by atoms with Gasteiger partial charge in [0.15, 0.2) is 0 Å². The van der Waals surface area contributed by atoms with Gasteiger partial charge in [0.2, 0.25) is 5.91 Å². The molecule has 0 aliphatic carbocycles. The van der Waals surface area contributed by atoms with Crippen LogP contribution in [0.15, 0.2) is 24.3 Å². The quantitative estimate of drug-likeness (QED) is 0.597. The van der Waals surface area contributed by atoms with E-state index in [9.17, 15) is 4.79 Å². The van der Waals surface area contributed by atoms with Crippen LogP contribution < -0.4 is 5.32 Å². The molecule has 138 valence electrons. The van der Waals surface area contributed by atoms with Crippen molar-refractivity contribution in [3.63, 3.8) is 0 Å². The largest absolute Gasteiger partial charge is 0.375 e. The van der Waals surface area contributed by atoms with E-state index in [4.69, 9.17) is 9.72 Å². The van der Waals surface area contributed by atoms with Gasteiger partial charge in [-0.05, 0) is 25.0 Å². The zero-order valence-electron chi connectivity index (χ0n) is 15.6. The number of methoxy groups -OCH3 is 1. The first-order chi connectivity index (χ1) is 12.3. The van der Waals surface area contributed by atoms with Crippen molar-refractivity contribution >= 4 is 16.9 Å². The molecule has 1 aromatic heterocycles. The van der Waals surface area contributed by atoms with Crippen LogP contribution in [0.3, 0.4) is 0 Å². The Balaban J connectivity index is 1.92. The highest BCUT2D eigenvalue weighted by Crippen LogP contribution is 2.18. The minimum Gasteiger partial charge on any atom is -0.375 e. The van der Waals surface area contributed by atoms with Crippen molar-refractivity contribution < 1.29 is 9.53 Å². The van der Waals surface area contributed by atoms with Gasteiger partial charge in [0.05, 0.1) is 11.0 Å². The molecule has 0 aliphatic heterocycles. The minimum absolute atomic E-state index is 0.0630. The molecular weight excluding hydrogens is 314 g/mol. The molecule has 0 radical (unpaired) electrons. The van der Waals surface area contributed by atoms with Crippen LogP contribution in [0.4, 0.5) is 0 Å². The van der Waals surface area contributed by atoms with Crippen LogP contribution in [-0.2, 0) is 22.5 Å². The molecule has 1 amide bonds. The Morgan fingerprint density at radius 1 is 1.16 bits per heavy atom. The first-order valence-corrected chi connectivity index (χ1v) is 9.46. The number of imidazole rings is 1. The summed E-state index contributed by atoms with van der Waals surface area (Å²) >= 11 is 0. The van der Waals surface area contributed by atoms with Crippen LogP contribution in [0.1, 0.15) is 51.3 Å². The second-order valence-corrected chi connectivity index (χ2v) is 6.47. The predicted molar refractivity (Wildman–Crippen MR) is 102 cm³/mol. The van der Waals surface area contributed by atoms with Crippen molar-refractivity contribution in [3.8, 4) is 0 Å². The number of hydrogen-bond acceptors (Lipinski definition) is 3. The number of unbranched alkanes of at least 4 members (excludes halogenated alkanes) is 4. The van der Waals surface area contributed by atoms with Crippen LogP contribution in [0.2, 0.25) is 0 Å². The molecule has 1 N–H and O–H groups in total. The SMILES string of the molecule is CCCCCCCn1c(CCCNC(=O)COC)nc2ccccc21. The molecule has 1 aromatic carbocycles. The van der Waals surface area contributed by atoms with E-state index in [1.54, 1.807) is 0 Å². The lowest BCUT2D eigenvalue weighted by atomic mass is 10.1. The van der Waals surface area contributed by atoms with Crippen LogP contribution in [0.5, 0.6) is 0 Å².